The number of carbonyl (C=O) groups is 1. The second-order valence-electron chi connectivity index (χ2n) is 4.28. The Kier molecular flexibility index (Phi) is 3.19. The highest BCUT2D eigenvalue weighted by Crippen LogP contribution is 2.29. The van der Waals surface area contributed by atoms with Crippen molar-refractivity contribution in [3.63, 3.8) is 0 Å². The van der Waals surface area contributed by atoms with E-state index in [9.17, 15) is 4.79 Å². The van der Waals surface area contributed by atoms with Crippen molar-refractivity contribution in [2.24, 2.45) is 11.7 Å². The van der Waals surface area contributed by atoms with Crippen LogP contribution in [0.3, 0.4) is 0 Å². The summed E-state index contributed by atoms with van der Waals surface area (Å²) < 4.78 is 1.60. The van der Waals surface area contributed by atoms with Gasteiger partial charge in [-0.15, -0.1) is 5.10 Å². The van der Waals surface area contributed by atoms with Gasteiger partial charge in [-0.25, -0.2) is 0 Å². The predicted octanol–water partition coefficient (Wildman–Crippen LogP) is -0.281. The fraction of sp³-hybridized carbons (Fsp3) is 0.700. The first-order valence-corrected chi connectivity index (χ1v) is 5.56. The van der Waals surface area contributed by atoms with Crippen LogP contribution in [0.15, 0.2) is 6.20 Å². The molecule has 0 aromatic carbocycles. The lowest BCUT2D eigenvalue weighted by atomic mass is 10.3. The molecular weight excluding hydrogens is 206 g/mol. The number of rotatable bonds is 5. The van der Waals surface area contributed by atoms with Crippen LogP contribution in [0, 0.1) is 5.92 Å². The number of nitrogens with two attached hydrogens (primary N) is 1. The van der Waals surface area contributed by atoms with E-state index in [1.54, 1.807) is 15.8 Å². The molecule has 0 radical (unpaired) electrons. The smallest absolute Gasteiger partial charge is 0.275 e. The Hall–Kier alpha value is -1.43. The van der Waals surface area contributed by atoms with Crippen LogP contribution in [0.25, 0.3) is 0 Å². The molecule has 0 aliphatic heterocycles. The predicted molar refractivity (Wildman–Crippen MR) is 58.8 cm³/mol. The number of carbonyl (C=O) groups excluding carboxylic acids is 1. The van der Waals surface area contributed by atoms with E-state index in [1.165, 1.54) is 12.8 Å². The molecule has 1 fully saturated rings. The first kappa shape index (κ1) is 11.1. The van der Waals surface area contributed by atoms with Crippen molar-refractivity contribution in [3.05, 3.63) is 11.9 Å². The average Bonchev–Trinajstić information content (AvgIpc) is 2.95. The average molecular weight is 223 g/mol. The lowest BCUT2D eigenvalue weighted by Crippen LogP contribution is -2.29. The summed E-state index contributed by atoms with van der Waals surface area (Å²) >= 11 is 0. The van der Waals surface area contributed by atoms with Crippen LogP contribution in [-0.2, 0) is 6.54 Å². The Morgan fingerprint density at radius 3 is 3.06 bits per heavy atom. The molecule has 0 spiro atoms. The van der Waals surface area contributed by atoms with Crippen LogP contribution in [0.5, 0.6) is 0 Å². The van der Waals surface area contributed by atoms with Gasteiger partial charge in [-0.3, -0.25) is 9.48 Å². The van der Waals surface area contributed by atoms with Crippen molar-refractivity contribution >= 4 is 5.91 Å². The molecule has 0 saturated heterocycles. The topological polar surface area (TPSA) is 77.0 Å². The van der Waals surface area contributed by atoms with Crippen LogP contribution >= 0.6 is 0 Å². The van der Waals surface area contributed by atoms with E-state index in [0.717, 1.165) is 6.54 Å². The highest BCUT2D eigenvalue weighted by Gasteiger charge is 2.26. The first-order valence-electron chi connectivity index (χ1n) is 5.56. The van der Waals surface area contributed by atoms with Gasteiger partial charge in [-0.05, 0) is 18.8 Å². The summed E-state index contributed by atoms with van der Waals surface area (Å²) in [6.07, 6.45) is 4.12. The normalized spacial score (nSPS) is 15.1. The highest BCUT2D eigenvalue weighted by atomic mass is 16.2. The minimum absolute atomic E-state index is 0.0600. The summed E-state index contributed by atoms with van der Waals surface area (Å²) in [6.45, 7) is 1.91. The third-order valence-electron chi connectivity index (χ3n) is 2.69. The summed E-state index contributed by atoms with van der Waals surface area (Å²) in [5, 5.41) is 7.69. The molecule has 1 aromatic heterocycles. The van der Waals surface area contributed by atoms with Crippen molar-refractivity contribution in [3.8, 4) is 0 Å². The van der Waals surface area contributed by atoms with Crippen LogP contribution < -0.4 is 5.73 Å². The maximum absolute atomic E-state index is 11.9. The lowest BCUT2D eigenvalue weighted by molar-refractivity contribution is 0.0783. The Labute approximate surface area is 94.4 Å². The molecule has 0 unspecified atom stereocenters. The molecule has 1 amide bonds. The summed E-state index contributed by atoms with van der Waals surface area (Å²) in [5.74, 6) is 0.628. The Morgan fingerprint density at radius 1 is 1.69 bits per heavy atom. The van der Waals surface area contributed by atoms with Gasteiger partial charge in [0.2, 0.25) is 0 Å². The van der Waals surface area contributed by atoms with Crippen LogP contribution in [0.1, 0.15) is 23.3 Å². The molecular formula is C10H17N5O. The lowest BCUT2D eigenvalue weighted by Gasteiger charge is -2.14. The van der Waals surface area contributed by atoms with Gasteiger partial charge >= 0.3 is 0 Å². The van der Waals surface area contributed by atoms with E-state index in [1.807, 2.05) is 7.05 Å². The van der Waals surface area contributed by atoms with Crippen molar-refractivity contribution in [1.29, 1.82) is 0 Å². The summed E-state index contributed by atoms with van der Waals surface area (Å²) in [7, 11) is 1.81. The van der Waals surface area contributed by atoms with Gasteiger partial charge < -0.3 is 10.6 Å². The summed E-state index contributed by atoms with van der Waals surface area (Å²) in [5.41, 5.74) is 5.80. The molecule has 1 aliphatic rings. The quantitative estimate of drug-likeness (QED) is 0.744. The molecule has 1 aliphatic carbocycles. The Morgan fingerprint density at radius 2 is 2.44 bits per heavy atom. The van der Waals surface area contributed by atoms with Crippen molar-refractivity contribution < 1.29 is 4.79 Å². The molecule has 2 N–H and O–H groups in total. The van der Waals surface area contributed by atoms with Gasteiger partial charge in [0.25, 0.3) is 5.91 Å². The van der Waals surface area contributed by atoms with Crippen molar-refractivity contribution in [2.75, 3.05) is 20.1 Å². The van der Waals surface area contributed by atoms with E-state index < -0.39 is 0 Å². The first-order chi connectivity index (χ1) is 7.70. The van der Waals surface area contributed by atoms with E-state index >= 15 is 0 Å². The molecule has 0 bridgehead atoms. The van der Waals surface area contributed by atoms with Gasteiger partial charge in [0.1, 0.15) is 0 Å². The van der Waals surface area contributed by atoms with E-state index in [4.69, 9.17) is 5.73 Å². The molecule has 6 nitrogen and oxygen atoms in total. The van der Waals surface area contributed by atoms with Gasteiger partial charge in [-0.1, -0.05) is 5.21 Å². The molecule has 1 saturated carbocycles. The second kappa shape index (κ2) is 4.61. The van der Waals surface area contributed by atoms with Gasteiger partial charge in [-0.2, -0.15) is 0 Å². The summed E-state index contributed by atoms with van der Waals surface area (Å²) in [6, 6.07) is 0. The minimum atomic E-state index is -0.0600. The fourth-order valence-corrected chi connectivity index (χ4v) is 1.60. The zero-order chi connectivity index (χ0) is 11.5. The van der Waals surface area contributed by atoms with E-state index in [-0.39, 0.29) is 5.91 Å². The second-order valence-corrected chi connectivity index (χ2v) is 4.28. The van der Waals surface area contributed by atoms with E-state index in [0.29, 0.717) is 24.7 Å². The largest absolute Gasteiger partial charge is 0.340 e. The zero-order valence-electron chi connectivity index (χ0n) is 9.46. The SMILES string of the molecule is CN(CC1CC1)C(=O)c1cn(CCN)nn1. The number of amides is 1. The number of nitrogens with zero attached hydrogens (tertiary/aromatic N) is 4. The fourth-order valence-electron chi connectivity index (χ4n) is 1.60. The third kappa shape index (κ3) is 2.57. The molecule has 6 heteroatoms. The van der Waals surface area contributed by atoms with Crippen LogP contribution in [0.2, 0.25) is 0 Å². The van der Waals surface area contributed by atoms with Crippen LogP contribution in [0.4, 0.5) is 0 Å². The standard InChI is InChI=1S/C10H17N5O/c1-14(6-8-2-3-8)10(16)9-7-15(5-4-11)13-12-9/h7-8H,2-6,11H2,1H3. The van der Waals surface area contributed by atoms with Crippen molar-refractivity contribution in [1.82, 2.24) is 19.9 Å². The minimum Gasteiger partial charge on any atom is -0.340 e. The number of aromatic nitrogens is 3. The Balaban J connectivity index is 1.95. The Bertz CT molecular complexity index is 371. The molecule has 0 atom stereocenters. The highest BCUT2D eigenvalue weighted by molar-refractivity contribution is 5.91. The molecule has 1 heterocycles. The third-order valence-corrected chi connectivity index (χ3v) is 2.69. The monoisotopic (exact) mass is 223 g/mol. The van der Waals surface area contributed by atoms with E-state index in [2.05, 4.69) is 10.3 Å². The maximum Gasteiger partial charge on any atom is 0.275 e. The van der Waals surface area contributed by atoms with Crippen molar-refractivity contribution in [2.45, 2.75) is 19.4 Å². The molecule has 16 heavy (non-hydrogen) atoms. The zero-order valence-corrected chi connectivity index (χ0v) is 9.46. The van der Waals surface area contributed by atoms with Gasteiger partial charge in [0, 0.05) is 20.1 Å². The maximum atomic E-state index is 11.9. The summed E-state index contributed by atoms with van der Waals surface area (Å²) in [4.78, 5) is 13.6. The number of hydrogen-bond donors (Lipinski definition) is 1. The molecule has 88 valence electrons. The van der Waals surface area contributed by atoms with Crippen LogP contribution in [-0.4, -0.2) is 45.9 Å². The number of hydrogen-bond acceptors (Lipinski definition) is 4. The van der Waals surface area contributed by atoms with Gasteiger partial charge in [0.15, 0.2) is 5.69 Å². The van der Waals surface area contributed by atoms with Gasteiger partial charge in [0.05, 0.1) is 12.7 Å². The molecule has 2 rings (SSSR count). The molecule has 1 aromatic rings.